The number of nitrogens with zero attached hydrogens (tertiary/aromatic N) is 3. The first-order valence-electron chi connectivity index (χ1n) is 7.49. The van der Waals surface area contributed by atoms with E-state index in [1.807, 2.05) is 26.0 Å². The highest BCUT2D eigenvalue weighted by Gasteiger charge is 2.20. The first-order valence-corrected chi connectivity index (χ1v) is 7.49. The molecule has 1 N–H and O–H groups in total. The zero-order chi connectivity index (χ0) is 16.8. The van der Waals surface area contributed by atoms with Gasteiger partial charge >= 0.3 is 0 Å². The van der Waals surface area contributed by atoms with Crippen molar-refractivity contribution in [3.05, 3.63) is 62.9 Å². The molecule has 1 amide bonds. The number of H-pyrrole nitrogens is 1. The van der Waals surface area contributed by atoms with E-state index in [0.717, 1.165) is 28.8 Å². The molecule has 0 spiro atoms. The number of nitrogens with one attached hydrogen (secondary N) is 1. The van der Waals surface area contributed by atoms with Crippen molar-refractivity contribution >= 4 is 5.91 Å². The number of aromatic amines is 1. The predicted molar refractivity (Wildman–Crippen MR) is 85.9 cm³/mol. The second-order valence-electron chi connectivity index (χ2n) is 5.37. The van der Waals surface area contributed by atoms with Gasteiger partial charge in [0.2, 0.25) is 5.91 Å². The zero-order valence-electron chi connectivity index (χ0n) is 13.2. The highest BCUT2D eigenvalue weighted by molar-refractivity contribution is 5.76. The molecule has 23 heavy (non-hydrogen) atoms. The Hall–Kier alpha value is -2.70. The van der Waals surface area contributed by atoms with Gasteiger partial charge in [0.25, 0.3) is 11.1 Å². The third-order valence-corrected chi connectivity index (χ3v) is 3.70. The van der Waals surface area contributed by atoms with Crippen LogP contribution in [0.3, 0.4) is 0 Å². The highest BCUT2D eigenvalue weighted by Crippen LogP contribution is 2.10. The fourth-order valence-electron chi connectivity index (χ4n) is 2.20. The average molecular weight is 316 g/mol. The lowest BCUT2D eigenvalue weighted by Gasteiger charge is -2.28. The van der Waals surface area contributed by atoms with E-state index >= 15 is 0 Å². The molecule has 0 aliphatic rings. The Morgan fingerprint density at radius 3 is 2.78 bits per heavy atom. The summed E-state index contributed by atoms with van der Waals surface area (Å²) >= 11 is 0. The molecule has 0 saturated carbocycles. The molecule has 2 rings (SSSR count). The Balaban J connectivity index is 2.21. The van der Waals surface area contributed by atoms with Crippen molar-refractivity contribution in [2.75, 3.05) is 0 Å². The Morgan fingerprint density at radius 2 is 2.13 bits per heavy atom. The molecular formula is C16H20N4O3. The maximum Gasteiger partial charge on any atom is 0.265 e. The number of carbonyl (C=O) groups is 1. The lowest BCUT2D eigenvalue weighted by atomic mass is 10.2. The highest BCUT2D eigenvalue weighted by atomic mass is 16.2. The zero-order valence-corrected chi connectivity index (χ0v) is 13.2. The number of hydrogen-bond acceptors (Lipinski definition) is 4. The minimum atomic E-state index is -0.417. The summed E-state index contributed by atoms with van der Waals surface area (Å²) in [6.07, 6.45) is 4.17. The number of aromatic nitrogens is 3. The normalized spacial score (nSPS) is 11.9. The quantitative estimate of drug-likeness (QED) is 0.852. The van der Waals surface area contributed by atoms with Crippen LogP contribution in [0.25, 0.3) is 0 Å². The first-order chi connectivity index (χ1) is 11.0. The molecule has 7 nitrogen and oxygen atoms in total. The smallest absolute Gasteiger partial charge is 0.265 e. The van der Waals surface area contributed by atoms with Crippen LogP contribution in [0, 0.1) is 0 Å². The molecule has 0 radical (unpaired) electrons. The number of hydrogen-bond donors (Lipinski definition) is 1. The topological polar surface area (TPSA) is 88.1 Å². The molecule has 2 heterocycles. The van der Waals surface area contributed by atoms with Gasteiger partial charge in [0.1, 0.15) is 6.54 Å². The van der Waals surface area contributed by atoms with Crippen molar-refractivity contribution in [1.29, 1.82) is 0 Å². The van der Waals surface area contributed by atoms with E-state index in [9.17, 15) is 14.4 Å². The molecule has 122 valence electrons. The van der Waals surface area contributed by atoms with Crippen LogP contribution in [0.4, 0.5) is 0 Å². The Morgan fingerprint density at radius 1 is 1.35 bits per heavy atom. The number of carbonyl (C=O) groups excluding carboxylic acids is 1. The summed E-state index contributed by atoms with van der Waals surface area (Å²) in [5.41, 5.74) is 0.0817. The van der Waals surface area contributed by atoms with Crippen LogP contribution < -0.4 is 11.1 Å². The third kappa shape index (κ3) is 4.38. The molecular weight excluding hydrogens is 296 g/mol. The predicted octanol–water partition coefficient (Wildman–Crippen LogP) is 0.759. The fraction of sp³-hybridized carbons (Fsp3) is 0.375. The summed E-state index contributed by atoms with van der Waals surface area (Å²) in [6.45, 7) is 4.16. The van der Waals surface area contributed by atoms with Gasteiger partial charge in [-0.2, -0.15) is 0 Å². The number of pyridine rings is 1. The second-order valence-corrected chi connectivity index (χ2v) is 5.37. The van der Waals surface area contributed by atoms with Gasteiger partial charge in [-0.1, -0.05) is 13.0 Å². The van der Waals surface area contributed by atoms with Crippen molar-refractivity contribution < 1.29 is 4.79 Å². The van der Waals surface area contributed by atoms with E-state index in [0.29, 0.717) is 6.54 Å². The SMILES string of the molecule is CC[C@@H](C)N(Cc1cccnc1)C(=O)Cn1[nH]c(=O)ccc1=O. The summed E-state index contributed by atoms with van der Waals surface area (Å²) < 4.78 is 1.03. The van der Waals surface area contributed by atoms with Gasteiger partial charge in [0, 0.05) is 37.1 Å². The Labute approximate surface area is 133 Å². The van der Waals surface area contributed by atoms with Gasteiger partial charge in [-0.25, -0.2) is 4.68 Å². The second kappa shape index (κ2) is 7.53. The standard InChI is InChI=1S/C16H20N4O3/c1-3-12(2)19(10-13-5-4-8-17-9-13)16(23)11-20-15(22)7-6-14(21)18-20/h4-9,12H,3,10-11H2,1-2H3,(H,18,21)/t12-/m1/s1. The average Bonchev–Trinajstić information content (AvgIpc) is 2.56. The van der Waals surface area contributed by atoms with Crippen LogP contribution in [0.2, 0.25) is 0 Å². The summed E-state index contributed by atoms with van der Waals surface area (Å²) in [4.78, 5) is 41.4. The van der Waals surface area contributed by atoms with Crippen LogP contribution in [-0.2, 0) is 17.9 Å². The van der Waals surface area contributed by atoms with Crippen LogP contribution in [0.5, 0.6) is 0 Å². The van der Waals surface area contributed by atoms with Gasteiger partial charge in [0.15, 0.2) is 0 Å². The molecule has 2 aromatic heterocycles. The number of amides is 1. The maximum atomic E-state index is 12.6. The van der Waals surface area contributed by atoms with Gasteiger partial charge in [0.05, 0.1) is 0 Å². The van der Waals surface area contributed by atoms with E-state index in [2.05, 4.69) is 10.1 Å². The van der Waals surface area contributed by atoms with Crippen LogP contribution in [0.1, 0.15) is 25.8 Å². The molecule has 0 unspecified atom stereocenters. The maximum absolute atomic E-state index is 12.6. The number of rotatable bonds is 6. The van der Waals surface area contributed by atoms with Gasteiger partial charge < -0.3 is 4.90 Å². The third-order valence-electron chi connectivity index (χ3n) is 3.70. The van der Waals surface area contributed by atoms with Gasteiger partial charge in [-0.3, -0.25) is 24.5 Å². The van der Waals surface area contributed by atoms with Crippen molar-refractivity contribution in [2.24, 2.45) is 0 Å². The summed E-state index contributed by atoms with van der Waals surface area (Å²) in [6, 6.07) is 6.01. The first kappa shape index (κ1) is 16.7. The fourth-order valence-corrected chi connectivity index (χ4v) is 2.20. The molecule has 0 aliphatic heterocycles. The Bertz CT molecular complexity index is 767. The molecule has 0 saturated heterocycles. The minimum absolute atomic E-state index is 0.00819. The largest absolute Gasteiger partial charge is 0.334 e. The van der Waals surface area contributed by atoms with Gasteiger partial charge in [-0.15, -0.1) is 0 Å². The van der Waals surface area contributed by atoms with Crippen molar-refractivity contribution in [3.63, 3.8) is 0 Å². The van der Waals surface area contributed by atoms with E-state index < -0.39 is 11.1 Å². The molecule has 0 aliphatic carbocycles. The van der Waals surface area contributed by atoms with E-state index in [1.54, 1.807) is 17.3 Å². The molecule has 2 aromatic rings. The lowest BCUT2D eigenvalue weighted by Crippen LogP contribution is -2.42. The van der Waals surface area contributed by atoms with E-state index in [-0.39, 0.29) is 18.5 Å². The van der Waals surface area contributed by atoms with Gasteiger partial charge in [-0.05, 0) is 25.0 Å². The lowest BCUT2D eigenvalue weighted by molar-refractivity contribution is -0.135. The van der Waals surface area contributed by atoms with Crippen LogP contribution >= 0.6 is 0 Å². The summed E-state index contributed by atoms with van der Waals surface area (Å²) in [7, 11) is 0. The molecule has 0 bridgehead atoms. The van der Waals surface area contributed by atoms with Crippen molar-refractivity contribution in [1.82, 2.24) is 19.7 Å². The summed E-state index contributed by atoms with van der Waals surface area (Å²) in [5.74, 6) is -0.229. The van der Waals surface area contributed by atoms with Crippen molar-refractivity contribution in [2.45, 2.75) is 39.4 Å². The Kier molecular flexibility index (Phi) is 5.46. The monoisotopic (exact) mass is 316 g/mol. The molecule has 0 fully saturated rings. The minimum Gasteiger partial charge on any atom is -0.334 e. The van der Waals surface area contributed by atoms with Crippen LogP contribution in [-0.4, -0.2) is 31.6 Å². The van der Waals surface area contributed by atoms with E-state index in [1.165, 1.54) is 0 Å². The molecule has 7 heteroatoms. The van der Waals surface area contributed by atoms with Crippen LogP contribution in [0.15, 0.2) is 46.2 Å². The molecule has 0 aromatic carbocycles. The summed E-state index contributed by atoms with van der Waals surface area (Å²) in [5, 5.41) is 2.37. The van der Waals surface area contributed by atoms with Crippen molar-refractivity contribution in [3.8, 4) is 0 Å². The van der Waals surface area contributed by atoms with E-state index in [4.69, 9.17) is 0 Å². The molecule has 1 atom stereocenters.